The lowest BCUT2D eigenvalue weighted by molar-refractivity contribution is 0.0718. The Bertz CT molecular complexity index is 1190. The maximum absolute atomic E-state index is 12.3. The summed E-state index contributed by atoms with van der Waals surface area (Å²) in [5.41, 5.74) is 6.95. The van der Waals surface area contributed by atoms with E-state index in [1.807, 2.05) is 18.7 Å². The van der Waals surface area contributed by atoms with Gasteiger partial charge in [-0.1, -0.05) is 76.9 Å². The van der Waals surface area contributed by atoms with Crippen LogP contribution in [0, 0.1) is 11.2 Å². The average molecular weight is 658 g/mol. The Labute approximate surface area is 266 Å². The molecule has 0 radical (unpaired) electrons. The number of fused-ring (bicyclic) bond motifs is 1. The van der Waals surface area contributed by atoms with Crippen molar-refractivity contribution in [3.8, 4) is 11.2 Å². The molecule has 0 aliphatic carbocycles. The Morgan fingerprint density at radius 2 is 1.65 bits per heavy atom. The first-order valence-electron chi connectivity index (χ1n) is 15.6. The molecule has 246 valence electrons. The number of nitrogens with two attached hydrogens (primary N) is 1. The third-order valence-corrected chi connectivity index (χ3v) is 13.5. The average Bonchev–Trinajstić information content (AvgIpc) is 3.34. The Morgan fingerprint density at radius 3 is 2.33 bits per heavy atom. The van der Waals surface area contributed by atoms with Gasteiger partial charge in [0.15, 0.2) is 11.5 Å². The number of anilines is 1. The number of ether oxygens (including phenoxy) is 1. The third-order valence-electron chi connectivity index (χ3n) is 7.58. The van der Waals surface area contributed by atoms with Gasteiger partial charge in [0, 0.05) is 11.2 Å². The maximum atomic E-state index is 12.3. The summed E-state index contributed by atoms with van der Waals surface area (Å²) in [6, 6.07) is 0. The molecule has 43 heavy (non-hydrogen) atoms. The molecule has 0 aliphatic heterocycles. The van der Waals surface area contributed by atoms with Crippen molar-refractivity contribution in [2.45, 2.75) is 116 Å². The Balaban J connectivity index is 1.39. The first-order valence-corrected chi connectivity index (χ1v) is 21.0. The molecule has 0 aliphatic rings. The van der Waals surface area contributed by atoms with Crippen LogP contribution in [-0.2, 0) is 20.4 Å². The molecule has 0 fully saturated rings. The molecule has 0 saturated carbocycles. The van der Waals surface area contributed by atoms with Gasteiger partial charge in [0.25, 0.3) is 0 Å². The number of unbranched alkanes of at least 4 members (excludes halogenated alkanes) is 9. The molecular weight excluding hydrogens is 601 g/mol. The third kappa shape index (κ3) is 15.0. The molecule has 12 heteroatoms. The van der Waals surface area contributed by atoms with Crippen LogP contribution in [-0.4, -0.2) is 72.2 Å². The van der Waals surface area contributed by atoms with Gasteiger partial charge in [-0.25, -0.2) is 15.0 Å². The van der Waals surface area contributed by atoms with Crippen LogP contribution < -0.4 is 5.73 Å². The Kier molecular flexibility index (Phi) is 17.0. The van der Waals surface area contributed by atoms with Gasteiger partial charge in [-0.2, -0.15) is 21.8 Å². The van der Waals surface area contributed by atoms with Gasteiger partial charge in [0.2, 0.25) is 0 Å². The second-order valence-electron chi connectivity index (χ2n) is 12.5. The smallest absolute Gasteiger partial charge is 0.353 e. The summed E-state index contributed by atoms with van der Waals surface area (Å²) in [4.78, 5) is 22.5. The fourth-order valence-corrected chi connectivity index (χ4v) is 6.77. The lowest BCUT2D eigenvalue weighted by Crippen LogP contribution is -2.21. The predicted molar refractivity (Wildman–Crippen MR) is 186 cm³/mol. The van der Waals surface area contributed by atoms with Gasteiger partial charge in [-0.3, -0.25) is 4.57 Å². The number of hydrogen-bond acceptors (Lipinski definition) is 8. The van der Waals surface area contributed by atoms with Crippen LogP contribution in [0.3, 0.4) is 0 Å². The molecule has 0 aromatic carbocycles. The molecule has 0 spiro atoms. The highest BCUT2D eigenvalue weighted by molar-refractivity contribution is 8.37. The van der Waals surface area contributed by atoms with Crippen molar-refractivity contribution in [2.24, 2.45) is 0 Å². The van der Waals surface area contributed by atoms with Crippen molar-refractivity contribution < 1.29 is 18.7 Å². The topological polar surface area (TPSA) is 125 Å². The van der Waals surface area contributed by atoms with Crippen molar-refractivity contribution in [1.82, 2.24) is 19.5 Å². The van der Waals surface area contributed by atoms with Crippen LogP contribution in [0.4, 0.5) is 5.82 Å². The Hall–Kier alpha value is -1.28. The number of nitrogens with zero attached hydrogens (tertiary/aromatic N) is 4. The van der Waals surface area contributed by atoms with Crippen LogP contribution in [0.25, 0.3) is 11.2 Å². The normalized spacial score (nSPS) is 14.8. The predicted octanol–water partition coefficient (Wildman–Crippen LogP) is 7.82. The quantitative estimate of drug-likeness (QED) is 0.0785. The number of imidazole rings is 1. The zero-order chi connectivity index (χ0) is 31.8. The SMILES string of the molecule is C[C@H](Cn1cnc2c(N)ncnc21)OCP(=O)(O)OCCCSCCCCCCCCCCCC#CS(C)(C)C(C)(C)C. The largest absolute Gasteiger partial charge is 0.382 e. The van der Waals surface area contributed by atoms with E-state index in [1.54, 1.807) is 10.9 Å². The molecule has 1 unspecified atom stereocenters. The van der Waals surface area contributed by atoms with E-state index >= 15 is 0 Å². The molecule has 0 bridgehead atoms. The van der Waals surface area contributed by atoms with Gasteiger partial charge in [-0.05, 0) is 50.2 Å². The second kappa shape index (κ2) is 19.3. The summed E-state index contributed by atoms with van der Waals surface area (Å²) >= 11 is 1.89. The number of nitrogen functional groups attached to an aromatic ring is 1. The number of thioether (sulfide) groups is 1. The summed E-state index contributed by atoms with van der Waals surface area (Å²) < 4.78 is 25.3. The van der Waals surface area contributed by atoms with Crippen LogP contribution >= 0.6 is 29.4 Å². The van der Waals surface area contributed by atoms with Gasteiger partial charge in [-0.15, -0.1) is 0 Å². The number of aromatic nitrogens is 4. The molecule has 2 aromatic heterocycles. The molecule has 9 nitrogen and oxygen atoms in total. The Morgan fingerprint density at radius 1 is 1.02 bits per heavy atom. The van der Waals surface area contributed by atoms with Gasteiger partial charge < -0.3 is 24.5 Å². The second-order valence-corrected chi connectivity index (χ2v) is 19.6. The molecule has 2 atom stereocenters. The number of rotatable bonds is 21. The van der Waals surface area contributed by atoms with Crippen LogP contribution in [0.15, 0.2) is 12.7 Å². The molecule has 2 heterocycles. The molecule has 2 aromatic rings. The van der Waals surface area contributed by atoms with Crippen molar-refractivity contribution in [2.75, 3.05) is 42.7 Å². The molecular formula is C31H56N5O4PS2. The molecule has 2 rings (SSSR count). The minimum atomic E-state index is -3.80. The summed E-state index contributed by atoms with van der Waals surface area (Å²) in [5.74, 6) is 5.82. The fraction of sp³-hybridized carbons (Fsp3) is 0.774. The van der Waals surface area contributed by atoms with Crippen LogP contribution in [0.2, 0.25) is 0 Å². The van der Waals surface area contributed by atoms with E-state index in [0.717, 1.165) is 24.3 Å². The lowest BCUT2D eigenvalue weighted by Gasteiger charge is -2.39. The van der Waals surface area contributed by atoms with E-state index in [1.165, 1.54) is 64.1 Å². The minimum Gasteiger partial charge on any atom is -0.382 e. The monoisotopic (exact) mass is 657 g/mol. The highest BCUT2D eigenvalue weighted by Crippen LogP contribution is 2.51. The van der Waals surface area contributed by atoms with E-state index < -0.39 is 17.6 Å². The highest BCUT2D eigenvalue weighted by atomic mass is 32.3. The molecule has 0 saturated heterocycles. The van der Waals surface area contributed by atoms with Crippen molar-refractivity contribution in [1.29, 1.82) is 0 Å². The number of hydrogen-bond donors (Lipinski definition) is 2. The van der Waals surface area contributed by atoms with Crippen LogP contribution in [0.5, 0.6) is 0 Å². The van der Waals surface area contributed by atoms with Crippen molar-refractivity contribution >= 4 is 46.4 Å². The summed E-state index contributed by atoms with van der Waals surface area (Å²) in [5, 5.41) is 3.56. The van der Waals surface area contributed by atoms with Crippen molar-refractivity contribution in [3.63, 3.8) is 0 Å². The molecule has 3 N–H and O–H groups in total. The van der Waals surface area contributed by atoms with E-state index in [2.05, 4.69) is 59.4 Å². The molecule has 0 amide bonds. The maximum Gasteiger partial charge on any atom is 0.353 e. The summed E-state index contributed by atoms with van der Waals surface area (Å²) in [6.07, 6.45) is 20.4. The lowest BCUT2D eigenvalue weighted by atomic mass is 10.1. The van der Waals surface area contributed by atoms with Crippen molar-refractivity contribution in [3.05, 3.63) is 12.7 Å². The standard InChI is InChI=1S/C31H56N5O4PS2/c1-27(23-36-25-35-28-29(32)33-24-34-30(28)36)39-26-41(37,38)40-19-18-21-42-20-16-14-12-10-8-7-9-11-13-15-17-22-43(5,6)31(2,3)4/h24-25,27H,7-16,18-21,23,26H2,1-6H3,(H,37,38)(H2,32,33,34)/t27-/m1/s1. The highest BCUT2D eigenvalue weighted by Gasteiger charge is 2.25. The van der Waals surface area contributed by atoms with Gasteiger partial charge >= 0.3 is 7.60 Å². The van der Waals surface area contributed by atoms with E-state index in [4.69, 9.17) is 15.0 Å². The first-order chi connectivity index (χ1) is 20.3. The van der Waals surface area contributed by atoms with Gasteiger partial charge in [0.1, 0.15) is 18.2 Å². The fourth-order valence-electron chi connectivity index (χ4n) is 4.13. The summed E-state index contributed by atoms with van der Waals surface area (Å²) in [7, 11) is -4.64. The first kappa shape index (κ1) is 37.9. The zero-order valence-corrected chi connectivity index (χ0v) is 29.9. The zero-order valence-electron chi connectivity index (χ0n) is 27.3. The van der Waals surface area contributed by atoms with Crippen LogP contribution in [0.1, 0.15) is 98.3 Å². The van der Waals surface area contributed by atoms with E-state index in [0.29, 0.717) is 28.3 Å². The van der Waals surface area contributed by atoms with E-state index in [9.17, 15) is 9.46 Å². The minimum absolute atomic E-state index is 0.253. The van der Waals surface area contributed by atoms with Gasteiger partial charge in [0.05, 0.1) is 25.6 Å². The summed E-state index contributed by atoms with van der Waals surface area (Å²) in [6.45, 7) is 9.39. The van der Waals surface area contributed by atoms with E-state index in [-0.39, 0.29) is 19.1 Å².